The van der Waals surface area contributed by atoms with Gasteiger partial charge in [0.05, 0.1) is 11.8 Å². The minimum atomic E-state index is -1.17. The second-order valence-corrected chi connectivity index (χ2v) is 6.57. The van der Waals surface area contributed by atoms with Crippen molar-refractivity contribution >= 4 is 29.3 Å². The smallest absolute Gasteiger partial charge is 0.326 e. The van der Waals surface area contributed by atoms with E-state index in [1.165, 1.54) is 6.20 Å². The van der Waals surface area contributed by atoms with E-state index in [9.17, 15) is 19.5 Å². The van der Waals surface area contributed by atoms with Crippen molar-refractivity contribution in [2.24, 2.45) is 17.6 Å². The highest BCUT2D eigenvalue weighted by Gasteiger charge is 2.48. The third kappa shape index (κ3) is 4.53. The van der Waals surface area contributed by atoms with Crippen molar-refractivity contribution in [1.29, 1.82) is 5.41 Å². The van der Waals surface area contributed by atoms with Crippen LogP contribution in [0, 0.1) is 17.2 Å². The number of nitrogens with one attached hydrogen (secondary N) is 4. The molecular weight excluding hydrogens is 364 g/mol. The molecule has 10 heteroatoms. The molecule has 0 radical (unpaired) electrons. The molecule has 3 atom stereocenters. The fourth-order valence-electron chi connectivity index (χ4n) is 2.82. The second kappa shape index (κ2) is 7.91. The van der Waals surface area contributed by atoms with E-state index in [0.29, 0.717) is 23.5 Å². The van der Waals surface area contributed by atoms with Crippen LogP contribution in [-0.4, -0.2) is 44.7 Å². The molecule has 1 aliphatic carbocycles. The van der Waals surface area contributed by atoms with Crippen LogP contribution in [-0.2, 0) is 20.8 Å². The lowest BCUT2D eigenvalue weighted by molar-refractivity contribution is -0.142. The van der Waals surface area contributed by atoms with E-state index in [-0.39, 0.29) is 18.2 Å². The number of benzene rings is 1. The van der Waals surface area contributed by atoms with Gasteiger partial charge in [-0.05, 0) is 30.7 Å². The lowest BCUT2D eigenvalue weighted by atomic mass is 10.1. The van der Waals surface area contributed by atoms with E-state index in [2.05, 4.69) is 20.6 Å². The summed E-state index contributed by atoms with van der Waals surface area (Å²) in [4.78, 5) is 42.7. The summed E-state index contributed by atoms with van der Waals surface area (Å²) in [6.45, 7) is 0. The van der Waals surface area contributed by atoms with E-state index in [1.54, 1.807) is 30.5 Å². The van der Waals surface area contributed by atoms with Crippen molar-refractivity contribution in [3.05, 3.63) is 48.0 Å². The minimum Gasteiger partial charge on any atom is -0.480 e. The number of nitrogen functional groups attached to an aromatic ring is 1. The Bertz CT molecular complexity index is 893. The maximum Gasteiger partial charge on any atom is 0.326 e. The van der Waals surface area contributed by atoms with Gasteiger partial charge in [0.1, 0.15) is 17.7 Å². The average molecular weight is 384 g/mol. The third-order valence-corrected chi connectivity index (χ3v) is 4.49. The number of rotatable bonds is 8. The van der Waals surface area contributed by atoms with Crippen LogP contribution in [0.15, 0.2) is 36.7 Å². The lowest BCUT2D eigenvalue weighted by Crippen LogP contribution is -2.43. The van der Waals surface area contributed by atoms with Crippen LogP contribution >= 0.6 is 0 Å². The van der Waals surface area contributed by atoms with Crippen LogP contribution in [0.3, 0.4) is 0 Å². The first-order valence-corrected chi connectivity index (χ1v) is 8.62. The van der Waals surface area contributed by atoms with Crippen molar-refractivity contribution in [3.8, 4) is 0 Å². The number of H-pyrrole nitrogens is 1. The van der Waals surface area contributed by atoms with Gasteiger partial charge in [-0.2, -0.15) is 0 Å². The van der Waals surface area contributed by atoms with Crippen molar-refractivity contribution in [2.75, 3.05) is 5.32 Å². The molecule has 7 N–H and O–H groups in total. The number of carboxylic acids is 1. The van der Waals surface area contributed by atoms with Gasteiger partial charge in [0, 0.05) is 30.1 Å². The molecule has 10 nitrogen and oxygen atoms in total. The van der Waals surface area contributed by atoms with Crippen LogP contribution in [0.25, 0.3) is 0 Å². The molecule has 1 aliphatic rings. The van der Waals surface area contributed by atoms with Gasteiger partial charge >= 0.3 is 5.97 Å². The number of hydrogen-bond donors (Lipinski definition) is 6. The van der Waals surface area contributed by atoms with E-state index in [4.69, 9.17) is 11.1 Å². The highest BCUT2D eigenvalue weighted by atomic mass is 16.4. The molecule has 28 heavy (non-hydrogen) atoms. The summed E-state index contributed by atoms with van der Waals surface area (Å²) in [6, 6.07) is 5.34. The molecule has 146 valence electrons. The van der Waals surface area contributed by atoms with Gasteiger partial charge in [-0.3, -0.25) is 15.0 Å². The number of amidine groups is 1. The number of nitrogens with two attached hydrogens (primary N) is 1. The number of carbonyl (C=O) groups is 3. The molecule has 2 aromatic rings. The average Bonchev–Trinajstić information content (AvgIpc) is 3.31. The number of amides is 2. The summed E-state index contributed by atoms with van der Waals surface area (Å²) in [7, 11) is 0. The summed E-state index contributed by atoms with van der Waals surface area (Å²) < 4.78 is 0. The van der Waals surface area contributed by atoms with Gasteiger partial charge in [0.2, 0.25) is 11.8 Å². The van der Waals surface area contributed by atoms with E-state index in [1.807, 2.05) is 0 Å². The number of aromatic nitrogens is 2. The monoisotopic (exact) mass is 384 g/mol. The number of carbonyl (C=O) groups excluding carboxylic acids is 2. The first kappa shape index (κ1) is 19.1. The molecule has 3 unspecified atom stereocenters. The zero-order valence-corrected chi connectivity index (χ0v) is 14.8. The molecule has 0 saturated heterocycles. The SMILES string of the molecule is N=C(N)c1ccc(NC(=O)C2CC2C(=O)NC(Cc2ncc[nH]2)C(=O)O)cc1. The largest absolute Gasteiger partial charge is 0.480 e. The topological polar surface area (TPSA) is 174 Å². The Kier molecular flexibility index (Phi) is 5.39. The van der Waals surface area contributed by atoms with Gasteiger partial charge in [-0.15, -0.1) is 0 Å². The summed E-state index contributed by atoms with van der Waals surface area (Å²) in [5.74, 6) is -2.64. The molecular formula is C18H20N6O4. The molecule has 2 amide bonds. The van der Waals surface area contributed by atoms with Crippen molar-refractivity contribution in [2.45, 2.75) is 18.9 Å². The standard InChI is InChI=1S/C18H20N6O4/c19-15(20)9-1-3-10(4-2-9)23-16(25)11-7-12(11)17(26)24-13(18(27)28)8-14-21-5-6-22-14/h1-6,11-13H,7-8H2,(H3,19,20)(H,21,22)(H,23,25)(H,24,26)(H,27,28). The van der Waals surface area contributed by atoms with Crippen LogP contribution in [0.5, 0.6) is 0 Å². The van der Waals surface area contributed by atoms with Gasteiger partial charge in [-0.25, -0.2) is 9.78 Å². The summed E-state index contributed by atoms with van der Waals surface area (Å²) >= 11 is 0. The highest BCUT2D eigenvalue weighted by Crippen LogP contribution is 2.39. The van der Waals surface area contributed by atoms with Crippen LogP contribution < -0.4 is 16.4 Å². The molecule has 1 heterocycles. The Morgan fingerprint density at radius 3 is 2.50 bits per heavy atom. The van der Waals surface area contributed by atoms with E-state index in [0.717, 1.165) is 0 Å². The molecule has 0 aliphatic heterocycles. The number of hydrogen-bond acceptors (Lipinski definition) is 5. The number of carboxylic acid groups (broad SMARTS) is 1. The van der Waals surface area contributed by atoms with Crippen molar-refractivity contribution in [3.63, 3.8) is 0 Å². The molecule has 1 fully saturated rings. The maximum atomic E-state index is 12.3. The maximum absolute atomic E-state index is 12.3. The quantitative estimate of drug-likeness (QED) is 0.277. The number of aliphatic carboxylic acids is 1. The fourth-order valence-corrected chi connectivity index (χ4v) is 2.82. The molecule has 0 bridgehead atoms. The Morgan fingerprint density at radius 1 is 1.25 bits per heavy atom. The predicted molar refractivity (Wildman–Crippen MR) is 99.5 cm³/mol. The van der Waals surface area contributed by atoms with Gasteiger partial charge < -0.3 is 26.5 Å². The van der Waals surface area contributed by atoms with E-state index < -0.39 is 29.8 Å². The molecule has 3 rings (SSSR count). The number of imidazole rings is 1. The highest BCUT2D eigenvalue weighted by molar-refractivity contribution is 6.00. The Labute approximate surface area is 160 Å². The number of nitrogens with zero attached hydrogens (tertiary/aromatic N) is 1. The van der Waals surface area contributed by atoms with Gasteiger partial charge in [0.15, 0.2) is 0 Å². The molecule has 0 spiro atoms. The minimum absolute atomic E-state index is 0.0279. The second-order valence-electron chi connectivity index (χ2n) is 6.57. The Balaban J connectivity index is 1.53. The van der Waals surface area contributed by atoms with Crippen LogP contribution in [0.2, 0.25) is 0 Å². The molecule has 1 aromatic heterocycles. The first-order valence-electron chi connectivity index (χ1n) is 8.62. The summed E-state index contributed by atoms with van der Waals surface area (Å²) in [6.07, 6.45) is 3.46. The summed E-state index contributed by atoms with van der Waals surface area (Å²) in [5, 5.41) is 21.8. The Morgan fingerprint density at radius 2 is 1.93 bits per heavy atom. The zero-order chi connectivity index (χ0) is 20.3. The zero-order valence-electron chi connectivity index (χ0n) is 14.8. The number of aromatic amines is 1. The lowest BCUT2D eigenvalue weighted by Gasteiger charge is -2.13. The van der Waals surface area contributed by atoms with Crippen LogP contribution in [0.1, 0.15) is 17.8 Å². The van der Waals surface area contributed by atoms with Gasteiger partial charge in [-0.1, -0.05) is 0 Å². The Hall–Kier alpha value is -3.69. The van der Waals surface area contributed by atoms with Crippen LogP contribution in [0.4, 0.5) is 5.69 Å². The molecule has 1 saturated carbocycles. The third-order valence-electron chi connectivity index (χ3n) is 4.49. The van der Waals surface area contributed by atoms with E-state index >= 15 is 0 Å². The summed E-state index contributed by atoms with van der Waals surface area (Å²) in [5.41, 5.74) is 6.45. The number of anilines is 1. The normalized spacial score (nSPS) is 18.7. The molecule has 1 aromatic carbocycles. The first-order chi connectivity index (χ1) is 13.3. The fraction of sp³-hybridized carbons (Fsp3) is 0.278. The predicted octanol–water partition coefficient (Wildman–Crippen LogP) is 0.0805. The van der Waals surface area contributed by atoms with Gasteiger partial charge in [0.25, 0.3) is 0 Å². The van der Waals surface area contributed by atoms with Crippen molar-refractivity contribution < 1.29 is 19.5 Å². The van der Waals surface area contributed by atoms with Crippen molar-refractivity contribution in [1.82, 2.24) is 15.3 Å².